The molecule has 7 nitrogen and oxygen atoms in total. The molecule has 0 radical (unpaired) electrons. The number of thiazole rings is 1. The van der Waals surface area contributed by atoms with Crippen LogP contribution in [-0.2, 0) is 25.5 Å². The summed E-state index contributed by atoms with van der Waals surface area (Å²) in [6.45, 7) is 7.29. The van der Waals surface area contributed by atoms with E-state index in [1.807, 2.05) is 24.1 Å². The molecule has 1 aliphatic carbocycles. The minimum Gasteiger partial charge on any atom is -0.483 e. The van der Waals surface area contributed by atoms with Gasteiger partial charge < -0.3 is 14.7 Å². The minimum absolute atomic E-state index is 0.0957. The topological polar surface area (TPSA) is 96.8 Å². The maximum absolute atomic E-state index is 12.6. The molecular formula is C19H26N2O5S. The fourth-order valence-electron chi connectivity index (χ4n) is 3.85. The summed E-state index contributed by atoms with van der Waals surface area (Å²) in [6.07, 6.45) is 4.61. The number of allylic oxidation sites excluding steroid dienone is 1. The van der Waals surface area contributed by atoms with Gasteiger partial charge in [0, 0.05) is 18.5 Å². The fraction of sp³-hybridized carbons (Fsp3) is 0.579. The molecule has 8 heteroatoms. The Labute approximate surface area is 163 Å². The molecule has 1 amide bonds. The Morgan fingerprint density at radius 1 is 1.41 bits per heavy atom. The highest BCUT2D eigenvalue weighted by Gasteiger charge is 2.45. The largest absolute Gasteiger partial charge is 0.483 e. The lowest BCUT2D eigenvalue weighted by Gasteiger charge is -2.31. The lowest BCUT2D eigenvalue weighted by molar-refractivity contribution is -0.152. The Morgan fingerprint density at radius 3 is 2.70 bits per heavy atom. The van der Waals surface area contributed by atoms with Crippen LogP contribution in [0.15, 0.2) is 17.5 Å². The number of aromatic nitrogens is 1. The molecule has 27 heavy (non-hydrogen) atoms. The Morgan fingerprint density at radius 2 is 2.11 bits per heavy atom. The molecule has 0 spiro atoms. The van der Waals surface area contributed by atoms with Crippen molar-refractivity contribution in [2.75, 3.05) is 19.7 Å². The SMILES string of the molecule is CCOC(=O)[C@@H]1[C@H]2CN(C(=O)Cc3csc(C)n3)C[C@@H]2C=C[C@@H]1C.O=CO. The second kappa shape index (κ2) is 9.64. The quantitative estimate of drug-likeness (QED) is 0.477. The number of ether oxygens (including phenoxy) is 1. The zero-order chi connectivity index (χ0) is 20.0. The summed E-state index contributed by atoms with van der Waals surface area (Å²) in [7, 11) is 0. The number of nitrogens with zero attached hydrogens (tertiary/aromatic N) is 2. The van der Waals surface area contributed by atoms with Crippen LogP contribution in [0.2, 0.25) is 0 Å². The number of rotatable bonds is 4. The predicted octanol–water partition coefficient (Wildman–Crippen LogP) is 2.15. The smallest absolute Gasteiger partial charge is 0.309 e. The Kier molecular flexibility index (Phi) is 7.53. The van der Waals surface area contributed by atoms with Gasteiger partial charge in [0.15, 0.2) is 0 Å². The third-order valence-electron chi connectivity index (χ3n) is 5.01. The first-order valence-corrected chi connectivity index (χ1v) is 9.90. The third-order valence-corrected chi connectivity index (χ3v) is 5.83. The van der Waals surface area contributed by atoms with Crippen molar-refractivity contribution < 1.29 is 24.2 Å². The van der Waals surface area contributed by atoms with Crippen LogP contribution in [0.1, 0.15) is 24.5 Å². The van der Waals surface area contributed by atoms with E-state index in [4.69, 9.17) is 14.6 Å². The molecule has 0 bridgehead atoms. The van der Waals surface area contributed by atoms with Gasteiger partial charge in [-0.15, -0.1) is 11.3 Å². The lowest BCUT2D eigenvalue weighted by atomic mass is 9.72. The van der Waals surface area contributed by atoms with Crippen molar-refractivity contribution in [3.05, 3.63) is 28.2 Å². The van der Waals surface area contributed by atoms with E-state index in [1.54, 1.807) is 11.3 Å². The van der Waals surface area contributed by atoms with Crippen LogP contribution in [0.5, 0.6) is 0 Å². The number of likely N-dealkylation sites (tertiary alicyclic amines) is 1. The molecule has 1 N–H and O–H groups in total. The van der Waals surface area contributed by atoms with Gasteiger partial charge in [0.25, 0.3) is 6.47 Å². The van der Waals surface area contributed by atoms with Gasteiger partial charge in [-0.05, 0) is 31.6 Å². The number of carbonyl (C=O) groups excluding carboxylic acids is 2. The number of fused-ring (bicyclic) bond motifs is 1. The maximum Gasteiger partial charge on any atom is 0.309 e. The highest BCUT2D eigenvalue weighted by Crippen LogP contribution is 2.40. The fourth-order valence-corrected chi connectivity index (χ4v) is 4.47. The van der Waals surface area contributed by atoms with E-state index in [0.717, 1.165) is 10.7 Å². The van der Waals surface area contributed by atoms with E-state index < -0.39 is 0 Å². The normalized spacial score (nSPS) is 26.0. The van der Waals surface area contributed by atoms with E-state index in [0.29, 0.717) is 26.1 Å². The van der Waals surface area contributed by atoms with E-state index in [2.05, 4.69) is 24.1 Å². The Bertz CT molecular complexity index is 702. The molecule has 2 aliphatic rings. The molecule has 1 fully saturated rings. The molecule has 1 aliphatic heterocycles. The van der Waals surface area contributed by atoms with Crippen LogP contribution in [0, 0.1) is 30.6 Å². The standard InChI is InChI=1S/C18H24N2O3S.CH2O2/c1-4-23-18(22)17-11(2)5-6-13-8-20(9-15(13)17)16(21)7-14-10-24-12(3)19-14;2-1-3/h5-6,10-11,13,15,17H,4,7-9H2,1-3H3;1H,(H,2,3)/t11-,13-,15-,17-;/m0./s1. The first-order valence-electron chi connectivity index (χ1n) is 9.02. The van der Waals surface area contributed by atoms with Crippen molar-refractivity contribution in [2.24, 2.45) is 23.7 Å². The van der Waals surface area contributed by atoms with Crippen molar-refractivity contribution in [1.82, 2.24) is 9.88 Å². The Balaban J connectivity index is 0.000000817. The van der Waals surface area contributed by atoms with E-state index in [9.17, 15) is 9.59 Å². The van der Waals surface area contributed by atoms with E-state index >= 15 is 0 Å². The summed E-state index contributed by atoms with van der Waals surface area (Å²) in [5.74, 6) is 0.370. The van der Waals surface area contributed by atoms with Crippen LogP contribution in [0.3, 0.4) is 0 Å². The van der Waals surface area contributed by atoms with Gasteiger partial charge in [0.2, 0.25) is 5.91 Å². The molecule has 0 saturated carbocycles. The van der Waals surface area contributed by atoms with Crippen LogP contribution in [0.4, 0.5) is 0 Å². The van der Waals surface area contributed by atoms with Crippen molar-refractivity contribution in [3.8, 4) is 0 Å². The first-order chi connectivity index (χ1) is 12.9. The molecule has 148 valence electrons. The molecule has 1 aromatic rings. The number of carbonyl (C=O) groups is 3. The summed E-state index contributed by atoms with van der Waals surface area (Å²) < 4.78 is 5.27. The molecule has 0 aromatic carbocycles. The zero-order valence-corrected chi connectivity index (χ0v) is 16.6. The summed E-state index contributed by atoms with van der Waals surface area (Å²) in [5.41, 5.74) is 0.836. The summed E-state index contributed by atoms with van der Waals surface area (Å²) in [5, 5.41) is 9.81. The van der Waals surface area contributed by atoms with Gasteiger partial charge >= 0.3 is 5.97 Å². The summed E-state index contributed by atoms with van der Waals surface area (Å²) >= 11 is 1.56. The molecular weight excluding hydrogens is 368 g/mol. The van der Waals surface area contributed by atoms with E-state index in [-0.39, 0.29) is 42.0 Å². The van der Waals surface area contributed by atoms with Crippen molar-refractivity contribution in [1.29, 1.82) is 0 Å². The molecule has 0 unspecified atom stereocenters. The molecule has 1 saturated heterocycles. The number of esters is 1. The van der Waals surface area contributed by atoms with Crippen molar-refractivity contribution in [2.45, 2.75) is 27.2 Å². The van der Waals surface area contributed by atoms with Gasteiger partial charge in [-0.1, -0.05) is 19.1 Å². The molecule has 1 aromatic heterocycles. The summed E-state index contributed by atoms with van der Waals surface area (Å²) in [4.78, 5) is 39.6. The van der Waals surface area contributed by atoms with Gasteiger partial charge in [-0.25, -0.2) is 4.98 Å². The second-order valence-corrected chi connectivity index (χ2v) is 7.85. The van der Waals surface area contributed by atoms with Gasteiger partial charge in [0.1, 0.15) is 0 Å². The van der Waals surface area contributed by atoms with Gasteiger partial charge in [-0.3, -0.25) is 14.4 Å². The van der Waals surface area contributed by atoms with Crippen LogP contribution in [0.25, 0.3) is 0 Å². The van der Waals surface area contributed by atoms with Crippen LogP contribution < -0.4 is 0 Å². The first kappa shape index (κ1) is 21.1. The molecule has 3 rings (SSSR count). The molecule has 4 atom stereocenters. The van der Waals surface area contributed by atoms with Crippen molar-refractivity contribution >= 4 is 29.7 Å². The lowest BCUT2D eigenvalue weighted by Crippen LogP contribution is -2.37. The molecule has 2 heterocycles. The Hall–Kier alpha value is -2.22. The number of carboxylic acid groups (broad SMARTS) is 1. The number of aryl methyl sites for hydroxylation is 1. The number of amides is 1. The second-order valence-electron chi connectivity index (χ2n) is 6.79. The predicted molar refractivity (Wildman–Crippen MR) is 101 cm³/mol. The van der Waals surface area contributed by atoms with Crippen LogP contribution >= 0.6 is 11.3 Å². The zero-order valence-electron chi connectivity index (χ0n) is 15.8. The maximum atomic E-state index is 12.6. The highest BCUT2D eigenvalue weighted by atomic mass is 32.1. The monoisotopic (exact) mass is 394 g/mol. The average molecular weight is 394 g/mol. The van der Waals surface area contributed by atoms with Gasteiger partial charge in [-0.2, -0.15) is 0 Å². The van der Waals surface area contributed by atoms with Crippen LogP contribution in [-0.4, -0.2) is 53.0 Å². The van der Waals surface area contributed by atoms with Crippen molar-refractivity contribution in [3.63, 3.8) is 0 Å². The minimum atomic E-state index is -0.250. The summed E-state index contributed by atoms with van der Waals surface area (Å²) in [6, 6.07) is 0. The third kappa shape index (κ3) is 5.15. The highest BCUT2D eigenvalue weighted by molar-refractivity contribution is 7.09. The number of hydrogen-bond acceptors (Lipinski definition) is 6. The van der Waals surface area contributed by atoms with Gasteiger partial charge in [0.05, 0.1) is 29.6 Å². The average Bonchev–Trinajstić information content (AvgIpc) is 3.21. The van der Waals surface area contributed by atoms with E-state index in [1.165, 1.54) is 0 Å². The number of hydrogen-bond donors (Lipinski definition) is 1.